The number of hydrogen-bond donors (Lipinski definition) is 1. The zero-order valence-electron chi connectivity index (χ0n) is 8.57. The summed E-state index contributed by atoms with van der Waals surface area (Å²) in [5.41, 5.74) is 2.40. The lowest BCUT2D eigenvalue weighted by Gasteiger charge is -1.90. The molecule has 0 amide bonds. The van der Waals surface area contributed by atoms with Crippen molar-refractivity contribution in [3.8, 4) is 16.8 Å². The van der Waals surface area contributed by atoms with Crippen molar-refractivity contribution in [2.45, 2.75) is 0 Å². The van der Waals surface area contributed by atoms with Crippen molar-refractivity contribution >= 4 is 38.3 Å². The van der Waals surface area contributed by atoms with E-state index in [1.165, 1.54) is 0 Å². The van der Waals surface area contributed by atoms with Gasteiger partial charge in [-0.25, -0.2) is 4.98 Å². The third-order valence-electron chi connectivity index (χ3n) is 2.44. The van der Waals surface area contributed by atoms with Crippen molar-refractivity contribution < 1.29 is 0 Å². The molecule has 1 aromatic carbocycles. The second-order valence-electron chi connectivity index (χ2n) is 3.53. The Kier molecular flexibility index (Phi) is 2.46. The summed E-state index contributed by atoms with van der Waals surface area (Å²) < 4.78 is 1.03. The number of thiophene rings is 1. The molecule has 0 saturated heterocycles. The lowest BCUT2D eigenvalue weighted by atomic mass is 10.2. The van der Waals surface area contributed by atoms with Gasteiger partial charge in [-0.05, 0) is 45.6 Å². The fourth-order valence-electron chi connectivity index (χ4n) is 1.65. The van der Waals surface area contributed by atoms with Crippen molar-refractivity contribution in [1.82, 2.24) is 9.97 Å². The van der Waals surface area contributed by atoms with Crippen LogP contribution in [0.25, 0.3) is 21.7 Å². The number of benzene rings is 1. The first kappa shape index (κ1) is 10.5. The number of nitrogens with zero attached hydrogens (tertiary/aromatic N) is 2. The summed E-state index contributed by atoms with van der Waals surface area (Å²) in [6.45, 7) is 0. The van der Waals surface area contributed by atoms with Gasteiger partial charge in [-0.1, -0.05) is 0 Å². The first-order valence-electron chi connectivity index (χ1n) is 4.91. The minimum absolute atomic E-state index is 0.637. The Morgan fingerprint density at radius 2 is 2.24 bits per heavy atom. The molecule has 17 heavy (non-hydrogen) atoms. The highest BCUT2D eigenvalue weighted by Crippen LogP contribution is 2.32. The first-order chi connectivity index (χ1) is 8.28. The molecule has 2 aromatic heterocycles. The standard InChI is InChI=1S/C12H6BrN3S/c13-8-3-4-17-11(8)12-15-9-2-1-7(6-14)5-10(9)16-12/h1-5H,(H,15,16). The monoisotopic (exact) mass is 303 g/mol. The number of nitrogens with one attached hydrogen (secondary N) is 1. The smallest absolute Gasteiger partial charge is 0.149 e. The normalized spacial score (nSPS) is 10.6. The summed E-state index contributed by atoms with van der Waals surface area (Å²) in [5, 5.41) is 10.8. The molecule has 0 spiro atoms. The highest BCUT2D eigenvalue weighted by molar-refractivity contribution is 9.10. The third kappa shape index (κ3) is 1.75. The molecule has 3 aromatic rings. The minimum atomic E-state index is 0.637. The number of aromatic nitrogens is 2. The van der Waals surface area contributed by atoms with E-state index in [9.17, 15) is 0 Å². The van der Waals surface area contributed by atoms with E-state index in [-0.39, 0.29) is 0 Å². The quantitative estimate of drug-likeness (QED) is 0.740. The molecule has 1 N–H and O–H groups in total. The van der Waals surface area contributed by atoms with Crippen LogP contribution in [0.1, 0.15) is 5.56 Å². The number of H-pyrrole nitrogens is 1. The van der Waals surface area contributed by atoms with Gasteiger partial charge < -0.3 is 4.98 Å². The van der Waals surface area contributed by atoms with Crippen LogP contribution in [-0.4, -0.2) is 9.97 Å². The summed E-state index contributed by atoms with van der Waals surface area (Å²) in [6, 6.07) is 9.56. The number of hydrogen-bond acceptors (Lipinski definition) is 3. The van der Waals surface area contributed by atoms with Crippen LogP contribution in [0.15, 0.2) is 34.1 Å². The fourth-order valence-corrected chi connectivity index (χ4v) is 3.15. The molecule has 0 radical (unpaired) electrons. The van der Waals surface area contributed by atoms with Crippen LogP contribution in [0.4, 0.5) is 0 Å². The molecule has 5 heteroatoms. The molecule has 0 bridgehead atoms. The molecule has 0 fully saturated rings. The van der Waals surface area contributed by atoms with Gasteiger partial charge in [0.15, 0.2) is 0 Å². The van der Waals surface area contributed by atoms with Crippen LogP contribution >= 0.6 is 27.3 Å². The van der Waals surface area contributed by atoms with Gasteiger partial charge in [-0.2, -0.15) is 5.26 Å². The predicted octanol–water partition coefficient (Wildman–Crippen LogP) is 3.93. The van der Waals surface area contributed by atoms with E-state index < -0.39 is 0 Å². The second kappa shape index (κ2) is 3.99. The maximum Gasteiger partial charge on any atom is 0.149 e. The maximum absolute atomic E-state index is 8.84. The molecular formula is C12H6BrN3S. The highest BCUT2D eigenvalue weighted by atomic mass is 79.9. The molecule has 3 rings (SSSR count). The van der Waals surface area contributed by atoms with Crippen LogP contribution in [-0.2, 0) is 0 Å². The predicted molar refractivity (Wildman–Crippen MR) is 71.8 cm³/mol. The largest absolute Gasteiger partial charge is 0.337 e. The van der Waals surface area contributed by atoms with Crippen molar-refractivity contribution in [1.29, 1.82) is 5.26 Å². The average molecular weight is 304 g/mol. The number of halogens is 1. The Morgan fingerprint density at radius 3 is 2.94 bits per heavy atom. The van der Waals surface area contributed by atoms with Crippen LogP contribution in [0.2, 0.25) is 0 Å². The van der Waals surface area contributed by atoms with Crippen molar-refractivity contribution in [3.63, 3.8) is 0 Å². The lowest BCUT2D eigenvalue weighted by molar-refractivity contribution is 1.35. The van der Waals surface area contributed by atoms with Crippen LogP contribution in [0.3, 0.4) is 0 Å². The van der Waals surface area contributed by atoms with Gasteiger partial charge in [0.1, 0.15) is 5.82 Å². The number of aromatic amines is 1. The van der Waals surface area contributed by atoms with Crippen LogP contribution < -0.4 is 0 Å². The Hall–Kier alpha value is -1.64. The number of rotatable bonds is 1. The molecule has 3 nitrogen and oxygen atoms in total. The molecule has 0 atom stereocenters. The number of fused-ring (bicyclic) bond motifs is 1. The molecule has 0 unspecified atom stereocenters. The topological polar surface area (TPSA) is 52.5 Å². The Morgan fingerprint density at radius 1 is 1.35 bits per heavy atom. The summed E-state index contributed by atoms with van der Waals surface area (Å²) >= 11 is 5.11. The average Bonchev–Trinajstić information content (AvgIpc) is 2.93. The minimum Gasteiger partial charge on any atom is -0.337 e. The summed E-state index contributed by atoms with van der Waals surface area (Å²) in [7, 11) is 0. The van der Waals surface area contributed by atoms with E-state index >= 15 is 0 Å². The molecule has 82 valence electrons. The summed E-state index contributed by atoms with van der Waals surface area (Å²) in [6.07, 6.45) is 0. The van der Waals surface area contributed by atoms with E-state index in [2.05, 4.69) is 32.0 Å². The van der Waals surface area contributed by atoms with Gasteiger partial charge >= 0.3 is 0 Å². The van der Waals surface area contributed by atoms with Crippen LogP contribution in [0, 0.1) is 11.3 Å². The maximum atomic E-state index is 8.84. The molecule has 0 aliphatic rings. The summed E-state index contributed by atoms with van der Waals surface area (Å²) in [4.78, 5) is 8.81. The van der Waals surface area contributed by atoms with Gasteiger partial charge in [0, 0.05) is 4.47 Å². The second-order valence-corrected chi connectivity index (χ2v) is 5.30. The van der Waals surface area contributed by atoms with Gasteiger partial charge in [0.25, 0.3) is 0 Å². The van der Waals surface area contributed by atoms with E-state index in [0.29, 0.717) is 5.56 Å². The Balaban J connectivity index is 2.21. The van der Waals surface area contributed by atoms with E-state index in [1.54, 1.807) is 17.4 Å². The third-order valence-corrected chi connectivity index (χ3v) is 4.29. The molecule has 0 saturated carbocycles. The van der Waals surface area contributed by atoms with E-state index in [1.807, 2.05) is 23.6 Å². The molecule has 0 aliphatic carbocycles. The van der Waals surface area contributed by atoms with Crippen molar-refractivity contribution in [3.05, 3.63) is 39.7 Å². The highest BCUT2D eigenvalue weighted by Gasteiger charge is 2.10. The fraction of sp³-hybridized carbons (Fsp3) is 0. The first-order valence-corrected chi connectivity index (χ1v) is 6.58. The van der Waals surface area contributed by atoms with Gasteiger partial charge in [0.2, 0.25) is 0 Å². The lowest BCUT2D eigenvalue weighted by Crippen LogP contribution is -1.74. The number of imidazole rings is 1. The van der Waals surface area contributed by atoms with Crippen LogP contribution in [0.5, 0.6) is 0 Å². The summed E-state index contributed by atoms with van der Waals surface area (Å²) in [5.74, 6) is 0.831. The Bertz CT molecular complexity index is 736. The zero-order chi connectivity index (χ0) is 11.8. The van der Waals surface area contributed by atoms with Crippen molar-refractivity contribution in [2.24, 2.45) is 0 Å². The van der Waals surface area contributed by atoms with Crippen molar-refractivity contribution in [2.75, 3.05) is 0 Å². The van der Waals surface area contributed by atoms with Gasteiger partial charge in [-0.15, -0.1) is 11.3 Å². The van der Waals surface area contributed by atoms with Gasteiger partial charge in [0.05, 0.1) is 27.5 Å². The number of nitriles is 1. The van der Waals surface area contributed by atoms with Gasteiger partial charge in [-0.3, -0.25) is 0 Å². The molecule has 2 heterocycles. The SMILES string of the molecule is N#Cc1ccc2nc(-c3sccc3Br)[nH]c2c1. The molecular weight excluding hydrogens is 298 g/mol. The molecule has 0 aliphatic heterocycles. The Labute approximate surface area is 110 Å². The van der Waals surface area contributed by atoms with E-state index in [4.69, 9.17) is 5.26 Å². The van der Waals surface area contributed by atoms with E-state index in [0.717, 1.165) is 26.2 Å². The zero-order valence-corrected chi connectivity index (χ0v) is 11.0.